The van der Waals surface area contributed by atoms with Crippen LogP contribution >= 0.6 is 0 Å². The SMILES string of the molecule is CC1CCC(N(C(=O)Cn2nnnc2C2CCOCC2)C2CC2)CC1. The second kappa shape index (κ2) is 7.40. The van der Waals surface area contributed by atoms with Gasteiger partial charge in [0.1, 0.15) is 6.54 Å². The number of carbonyl (C=O) groups excluding carboxylic acids is 1. The highest BCUT2D eigenvalue weighted by Gasteiger charge is 2.38. The van der Waals surface area contributed by atoms with Crippen molar-refractivity contribution in [3.05, 3.63) is 5.82 Å². The summed E-state index contributed by atoms with van der Waals surface area (Å²) in [5.74, 6) is 2.15. The number of hydrogen-bond acceptors (Lipinski definition) is 5. The number of nitrogens with zero attached hydrogens (tertiary/aromatic N) is 5. The van der Waals surface area contributed by atoms with Gasteiger partial charge in [-0.25, -0.2) is 4.68 Å². The monoisotopic (exact) mass is 347 g/mol. The average Bonchev–Trinajstić information content (AvgIpc) is 3.35. The fraction of sp³-hybridized carbons (Fsp3) is 0.889. The predicted octanol–water partition coefficient (Wildman–Crippen LogP) is 2.14. The fourth-order valence-corrected chi connectivity index (χ4v) is 4.36. The molecule has 4 rings (SSSR count). The maximum Gasteiger partial charge on any atom is 0.244 e. The van der Waals surface area contributed by atoms with Crippen molar-refractivity contribution in [2.45, 2.75) is 82.8 Å². The van der Waals surface area contributed by atoms with Crippen molar-refractivity contribution in [3.8, 4) is 0 Å². The van der Waals surface area contributed by atoms with Crippen LogP contribution in [0.1, 0.15) is 70.0 Å². The van der Waals surface area contributed by atoms with E-state index in [4.69, 9.17) is 4.74 Å². The number of amides is 1. The average molecular weight is 347 g/mol. The summed E-state index contributed by atoms with van der Waals surface area (Å²) in [4.78, 5) is 15.3. The Morgan fingerprint density at radius 2 is 1.72 bits per heavy atom. The number of rotatable bonds is 5. The number of carbonyl (C=O) groups is 1. The van der Waals surface area contributed by atoms with Crippen molar-refractivity contribution >= 4 is 5.91 Å². The Morgan fingerprint density at radius 3 is 2.36 bits per heavy atom. The molecule has 1 aromatic heterocycles. The third kappa shape index (κ3) is 3.86. The molecule has 7 heteroatoms. The van der Waals surface area contributed by atoms with Crippen molar-refractivity contribution in [2.75, 3.05) is 13.2 Å². The summed E-state index contributed by atoms with van der Waals surface area (Å²) in [5, 5.41) is 12.2. The quantitative estimate of drug-likeness (QED) is 0.816. The number of ether oxygens (including phenoxy) is 1. The molecule has 1 aromatic rings. The maximum atomic E-state index is 13.1. The Bertz CT molecular complexity index is 586. The van der Waals surface area contributed by atoms with Gasteiger partial charge in [0.2, 0.25) is 5.91 Å². The predicted molar refractivity (Wildman–Crippen MR) is 91.9 cm³/mol. The van der Waals surface area contributed by atoms with Crippen LogP contribution in [0.2, 0.25) is 0 Å². The molecule has 138 valence electrons. The molecule has 2 heterocycles. The Hall–Kier alpha value is -1.50. The lowest BCUT2D eigenvalue weighted by Gasteiger charge is -2.36. The standard InChI is InChI=1S/C18H29N5O2/c1-13-2-4-15(5-3-13)23(16-6-7-16)17(24)12-22-18(19-20-21-22)14-8-10-25-11-9-14/h13-16H,2-12H2,1H3. The van der Waals surface area contributed by atoms with Gasteiger partial charge >= 0.3 is 0 Å². The highest BCUT2D eigenvalue weighted by atomic mass is 16.5. The molecule has 2 aliphatic carbocycles. The van der Waals surface area contributed by atoms with E-state index in [0.717, 1.165) is 63.5 Å². The zero-order chi connectivity index (χ0) is 17.2. The molecule has 1 amide bonds. The Kier molecular flexibility index (Phi) is 5.01. The van der Waals surface area contributed by atoms with Crippen molar-refractivity contribution in [3.63, 3.8) is 0 Å². The van der Waals surface area contributed by atoms with Crippen LogP contribution in [0.15, 0.2) is 0 Å². The second-order valence-corrected chi connectivity index (χ2v) is 8.03. The van der Waals surface area contributed by atoms with E-state index in [1.807, 2.05) is 0 Å². The molecular formula is C18H29N5O2. The van der Waals surface area contributed by atoms with E-state index in [2.05, 4.69) is 27.3 Å². The first-order valence-electron chi connectivity index (χ1n) is 9.87. The van der Waals surface area contributed by atoms with Gasteiger partial charge in [-0.15, -0.1) is 5.10 Å². The lowest BCUT2D eigenvalue weighted by atomic mass is 9.86. The summed E-state index contributed by atoms with van der Waals surface area (Å²) in [6.45, 7) is 4.10. The molecule has 2 saturated carbocycles. The van der Waals surface area contributed by atoms with Gasteiger partial charge in [0.05, 0.1) is 0 Å². The lowest BCUT2D eigenvalue weighted by molar-refractivity contribution is -0.136. The first-order chi connectivity index (χ1) is 12.2. The molecule has 25 heavy (non-hydrogen) atoms. The minimum absolute atomic E-state index is 0.197. The van der Waals surface area contributed by atoms with Crippen LogP contribution in [-0.4, -0.2) is 56.3 Å². The highest BCUT2D eigenvalue weighted by molar-refractivity contribution is 5.77. The summed E-state index contributed by atoms with van der Waals surface area (Å²) in [6.07, 6.45) is 8.93. The molecule has 7 nitrogen and oxygen atoms in total. The van der Waals surface area contributed by atoms with E-state index in [1.165, 1.54) is 12.8 Å². The summed E-state index contributed by atoms with van der Waals surface area (Å²) in [5.41, 5.74) is 0. The summed E-state index contributed by atoms with van der Waals surface area (Å²) < 4.78 is 7.17. The molecule has 1 saturated heterocycles. The van der Waals surface area contributed by atoms with Crippen LogP contribution in [0.5, 0.6) is 0 Å². The van der Waals surface area contributed by atoms with Crippen LogP contribution < -0.4 is 0 Å². The maximum absolute atomic E-state index is 13.1. The van der Waals surface area contributed by atoms with E-state index >= 15 is 0 Å². The van der Waals surface area contributed by atoms with Crippen molar-refractivity contribution in [1.82, 2.24) is 25.1 Å². The van der Waals surface area contributed by atoms with E-state index in [9.17, 15) is 4.79 Å². The molecule has 0 bridgehead atoms. The van der Waals surface area contributed by atoms with Gasteiger partial charge in [-0.1, -0.05) is 6.92 Å². The van der Waals surface area contributed by atoms with E-state index in [1.54, 1.807) is 4.68 Å². The minimum Gasteiger partial charge on any atom is -0.381 e. The van der Waals surface area contributed by atoms with Gasteiger partial charge in [0.15, 0.2) is 5.82 Å². The van der Waals surface area contributed by atoms with Crippen LogP contribution in [-0.2, 0) is 16.1 Å². The van der Waals surface area contributed by atoms with Crippen LogP contribution in [0.3, 0.4) is 0 Å². The molecule has 1 aliphatic heterocycles. The summed E-state index contributed by atoms with van der Waals surface area (Å²) >= 11 is 0. The summed E-state index contributed by atoms with van der Waals surface area (Å²) in [7, 11) is 0. The van der Waals surface area contributed by atoms with Crippen molar-refractivity contribution in [2.24, 2.45) is 5.92 Å². The van der Waals surface area contributed by atoms with E-state index in [-0.39, 0.29) is 12.5 Å². The second-order valence-electron chi connectivity index (χ2n) is 8.03. The first kappa shape index (κ1) is 16.9. The molecule has 3 fully saturated rings. The first-order valence-corrected chi connectivity index (χ1v) is 9.87. The zero-order valence-electron chi connectivity index (χ0n) is 15.1. The van der Waals surface area contributed by atoms with Crippen molar-refractivity contribution in [1.29, 1.82) is 0 Å². The molecule has 3 aliphatic rings. The Labute approximate surface area is 149 Å². The normalized spacial score (nSPS) is 28.0. The zero-order valence-corrected chi connectivity index (χ0v) is 15.1. The van der Waals surface area contributed by atoms with Gasteiger partial charge in [0, 0.05) is 31.2 Å². The molecule has 0 spiro atoms. The molecule has 0 atom stereocenters. The topological polar surface area (TPSA) is 73.1 Å². The third-order valence-electron chi connectivity index (χ3n) is 6.04. The largest absolute Gasteiger partial charge is 0.381 e. The van der Waals surface area contributed by atoms with Gasteiger partial charge in [-0.2, -0.15) is 0 Å². The van der Waals surface area contributed by atoms with Crippen LogP contribution in [0.4, 0.5) is 0 Å². The van der Waals surface area contributed by atoms with Crippen LogP contribution in [0, 0.1) is 5.92 Å². The van der Waals surface area contributed by atoms with Crippen LogP contribution in [0.25, 0.3) is 0 Å². The lowest BCUT2D eigenvalue weighted by Crippen LogP contribution is -2.45. The fourth-order valence-electron chi connectivity index (χ4n) is 4.36. The number of aromatic nitrogens is 4. The van der Waals surface area contributed by atoms with Gasteiger partial charge < -0.3 is 9.64 Å². The highest BCUT2D eigenvalue weighted by Crippen LogP contribution is 2.35. The van der Waals surface area contributed by atoms with E-state index in [0.29, 0.717) is 18.0 Å². The van der Waals surface area contributed by atoms with Gasteiger partial charge in [-0.3, -0.25) is 4.79 Å². The van der Waals surface area contributed by atoms with Crippen molar-refractivity contribution < 1.29 is 9.53 Å². The molecule has 0 radical (unpaired) electrons. The smallest absolute Gasteiger partial charge is 0.244 e. The number of tetrazole rings is 1. The minimum atomic E-state index is 0.197. The Balaban J connectivity index is 1.44. The van der Waals surface area contributed by atoms with Gasteiger partial charge in [-0.05, 0) is 67.7 Å². The Morgan fingerprint density at radius 1 is 1.08 bits per heavy atom. The molecule has 0 unspecified atom stereocenters. The van der Waals surface area contributed by atoms with Gasteiger partial charge in [0.25, 0.3) is 0 Å². The summed E-state index contributed by atoms with van der Waals surface area (Å²) in [6, 6.07) is 0.869. The molecule has 0 N–H and O–H groups in total. The molecular weight excluding hydrogens is 318 g/mol. The molecule has 0 aromatic carbocycles. The third-order valence-corrected chi connectivity index (χ3v) is 6.04. The number of hydrogen-bond donors (Lipinski definition) is 0. The van der Waals surface area contributed by atoms with E-state index < -0.39 is 0 Å².